The van der Waals surface area contributed by atoms with Gasteiger partial charge in [-0.1, -0.05) is 6.08 Å². The zero-order valence-electron chi connectivity index (χ0n) is 10.6. The van der Waals surface area contributed by atoms with Gasteiger partial charge in [0.1, 0.15) is 5.78 Å². The lowest BCUT2D eigenvalue weighted by Crippen LogP contribution is -2.47. The molecule has 0 aromatic rings. The van der Waals surface area contributed by atoms with Gasteiger partial charge >= 0.3 is 0 Å². The summed E-state index contributed by atoms with van der Waals surface area (Å²) < 4.78 is 0. The van der Waals surface area contributed by atoms with Crippen LogP contribution in [0.1, 0.15) is 38.5 Å². The Hall–Kier alpha value is -1.12. The number of likely N-dealkylation sites (tertiary alicyclic amines) is 1. The number of hydrogen-bond donors (Lipinski definition) is 0. The number of carbonyl (C=O) groups excluding carboxylic acids is 2. The largest absolute Gasteiger partial charge is 0.345 e. The lowest BCUT2D eigenvalue weighted by Gasteiger charge is -2.40. The van der Waals surface area contributed by atoms with Gasteiger partial charge < -0.3 is 4.90 Å². The van der Waals surface area contributed by atoms with Gasteiger partial charge in [0.2, 0.25) is 5.91 Å². The molecule has 1 saturated heterocycles. The van der Waals surface area contributed by atoms with Crippen LogP contribution >= 0.6 is 0 Å². The van der Waals surface area contributed by atoms with E-state index in [1.54, 1.807) is 0 Å². The van der Waals surface area contributed by atoms with Crippen molar-refractivity contribution < 1.29 is 9.59 Å². The Kier molecular flexibility index (Phi) is 3.36. The molecule has 0 N–H and O–H groups in total. The van der Waals surface area contributed by atoms with E-state index in [0.29, 0.717) is 12.8 Å². The first-order chi connectivity index (χ1) is 8.10. The summed E-state index contributed by atoms with van der Waals surface area (Å²) in [6, 6.07) is 0. The number of carbonyl (C=O) groups is 2. The van der Waals surface area contributed by atoms with Crippen molar-refractivity contribution >= 4 is 11.7 Å². The molecule has 0 bridgehead atoms. The van der Waals surface area contributed by atoms with E-state index in [1.165, 1.54) is 0 Å². The normalized spacial score (nSPS) is 34.9. The van der Waals surface area contributed by atoms with Crippen molar-refractivity contribution in [3.8, 4) is 0 Å². The van der Waals surface area contributed by atoms with E-state index in [2.05, 4.69) is 6.58 Å². The Balaban J connectivity index is 2.37. The van der Waals surface area contributed by atoms with Crippen LogP contribution in [-0.2, 0) is 9.59 Å². The van der Waals surface area contributed by atoms with Crippen molar-refractivity contribution in [3.63, 3.8) is 0 Å². The Morgan fingerprint density at radius 1 is 1.41 bits per heavy atom. The minimum atomic E-state index is -0.470. The van der Waals surface area contributed by atoms with Crippen molar-refractivity contribution in [3.05, 3.63) is 12.7 Å². The summed E-state index contributed by atoms with van der Waals surface area (Å²) >= 11 is 0. The first-order valence-electron chi connectivity index (χ1n) is 6.50. The molecule has 1 amide bonds. The van der Waals surface area contributed by atoms with Gasteiger partial charge in [0.05, 0.1) is 5.41 Å². The highest BCUT2D eigenvalue weighted by Crippen LogP contribution is 2.46. The van der Waals surface area contributed by atoms with Crippen LogP contribution in [0.15, 0.2) is 12.7 Å². The predicted molar refractivity (Wildman–Crippen MR) is 66.5 cm³/mol. The van der Waals surface area contributed by atoms with Gasteiger partial charge in [0.25, 0.3) is 0 Å². The number of amides is 1. The van der Waals surface area contributed by atoms with E-state index in [0.717, 1.165) is 32.2 Å². The first-order valence-corrected chi connectivity index (χ1v) is 6.50. The average Bonchev–Trinajstić information content (AvgIpc) is 2.42. The molecule has 1 spiro atoms. The lowest BCUT2D eigenvalue weighted by atomic mass is 9.64. The van der Waals surface area contributed by atoms with Gasteiger partial charge in [-0.15, -0.1) is 6.58 Å². The standard InChI is InChI=1S/C14H21NO2/c1-3-11-6-5-9-15(2)13(17)14(11)8-4-7-12(16)10-14/h3,11H,1,4-10H2,2H3/t11-,14-/m0/s1. The summed E-state index contributed by atoms with van der Waals surface area (Å²) in [5, 5.41) is 0. The number of allylic oxidation sites excluding steroid dienone is 1. The van der Waals surface area contributed by atoms with E-state index >= 15 is 0 Å². The Morgan fingerprint density at radius 2 is 2.18 bits per heavy atom. The molecule has 1 heterocycles. The summed E-state index contributed by atoms with van der Waals surface area (Å²) in [4.78, 5) is 26.1. The highest BCUT2D eigenvalue weighted by molar-refractivity contribution is 5.91. The molecule has 94 valence electrons. The zero-order valence-corrected chi connectivity index (χ0v) is 10.6. The third-order valence-corrected chi connectivity index (χ3v) is 4.37. The maximum Gasteiger partial charge on any atom is 0.229 e. The number of ketones is 1. The number of hydrogen-bond acceptors (Lipinski definition) is 2. The van der Waals surface area contributed by atoms with Crippen molar-refractivity contribution in [2.75, 3.05) is 13.6 Å². The van der Waals surface area contributed by atoms with E-state index < -0.39 is 5.41 Å². The summed E-state index contributed by atoms with van der Waals surface area (Å²) in [5.41, 5.74) is -0.470. The smallest absolute Gasteiger partial charge is 0.229 e. The van der Waals surface area contributed by atoms with Gasteiger partial charge in [-0.2, -0.15) is 0 Å². The van der Waals surface area contributed by atoms with E-state index in [1.807, 2.05) is 18.0 Å². The van der Waals surface area contributed by atoms with Gasteiger partial charge in [-0.05, 0) is 31.6 Å². The van der Waals surface area contributed by atoms with Crippen LogP contribution < -0.4 is 0 Å². The molecule has 0 radical (unpaired) electrons. The highest BCUT2D eigenvalue weighted by atomic mass is 16.2. The molecular formula is C14H21NO2. The maximum atomic E-state index is 12.6. The maximum absolute atomic E-state index is 12.6. The molecule has 1 saturated carbocycles. The number of rotatable bonds is 1. The Bertz CT molecular complexity index is 350. The highest BCUT2D eigenvalue weighted by Gasteiger charge is 2.49. The molecule has 3 nitrogen and oxygen atoms in total. The van der Waals surface area contributed by atoms with Crippen LogP contribution in [0.3, 0.4) is 0 Å². The summed E-state index contributed by atoms with van der Waals surface area (Å²) in [7, 11) is 1.86. The first kappa shape index (κ1) is 12.3. The SMILES string of the molecule is C=C[C@H]1CCCN(C)C(=O)[C@]12CCCC(=O)C2. The Labute approximate surface area is 103 Å². The molecule has 0 aromatic carbocycles. The van der Waals surface area contributed by atoms with Crippen LogP contribution in [0.2, 0.25) is 0 Å². The summed E-state index contributed by atoms with van der Waals surface area (Å²) in [6.07, 6.45) is 6.65. The van der Waals surface area contributed by atoms with Crippen LogP contribution in [0.4, 0.5) is 0 Å². The van der Waals surface area contributed by atoms with Crippen LogP contribution in [0.25, 0.3) is 0 Å². The van der Waals surface area contributed by atoms with E-state index in [4.69, 9.17) is 0 Å². The van der Waals surface area contributed by atoms with Crippen molar-refractivity contribution in [2.24, 2.45) is 11.3 Å². The molecule has 0 aromatic heterocycles. The fourth-order valence-corrected chi connectivity index (χ4v) is 3.44. The number of nitrogens with zero attached hydrogens (tertiary/aromatic N) is 1. The molecule has 3 heteroatoms. The molecular weight excluding hydrogens is 214 g/mol. The molecule has 2 aliphatic rings. The second-order valence-corrected chi connectivity index (χ2v) is 5.44. The topological polar surface area (TPSA) is 37.4 Å². The van der Waals surface area contributed by atoms with E-state index in [9.17, 15) is 9.59 Å². The fraction of sp³-hybridized carbons (Fsp3) is 0.714. The predicted octanol–water partition coefficient (Wildman–Crippen LogP) is 2.17. The summed E-state index contributed by atoms with van der Waals surface area (Å²) in [5.74, 6) is 0.573. The monoisotopic (exact) mass is 235 g/mol. The third kappa shape index (κ3) is 2.03. The number of Topliss-reactive ketones (excluding diaryl/α,β-unsaturated/α-hetero) is 1. The molecule has 2 rings (SSSR count). The van der Waals surface area contributed by atoms with Gasteiger partial charge in [0.15, 0.2) is 0 Å². The van der Waals surface area contributed by atoms with Crippen LogP contribution in [0.5, 0.6) is 0 Å². The minimum absolute atomic E-state index is 0.160. The molecule has 2 fully saturated rings. The zero-order chi connectivity index (χ0) is 12.5. The minimum Gasteiger partial charge on any atom is -0.345 e. The molecule has 1 aliphatic carbocycles. The van der Waals surface area contributed by atoms with Gasteiger partial charge in [-0.25, -0.2) is 0 Å². The van der Waals surface area contributed by atoms with Crippen molar-refractivity contribution in [1.29, 1.82) is 0 Å². The molecule has 0 unspecified atom stereocenters. The molecule has 2 atom stereocenters. The Morgan fingerprint density at radius 3 is 2.82 bits per heavy atom. The second kappa shape index (κ2) is 4.63. The van der Waals surface area contributed by atoms with Crippen LogP contribution in [0, 0.1) is 11.3 Å². The van der Waals surface area contributed by atoms with Crippen LogP contribution in [-0.4, -0.2) is 30.2 Å². The van der Waals surface area contributed by atoms with E-state index in [-0.39, 0.29) is 17.6 Å². The average molecular weight is 235 g/mol. The van der Waals surface area contributed by atoms with Crippen molar-refractivity contribution in [1.82, 2.24) is 4.90 Å². The quantitative estimate of drug-likeness (QED) is 0.653. The van der Waals surface area contributed by atoms with Gasteiger partial charge in [-0.3, -0.25) is 9.59 Å². The van der Waals surface area contributed by atoms with Gasteiger partial charge in [0, 0.05) is 26.4 Å². The molecule has 17 heavy (non-hydrogen) atoms. The molecule has 1 aliphatic heterocycles. The second-order valence-electron chi connectivity index (χ2n) is 5.44. The third-order valence-electron chi connectivity index (χ3n) is 4.37. The fourth-order valence-electron chi connectivity index (χ4n) is 3.44. The lowest BCUT2D eigenvalue weighted by molar-refractivity contribution is -0.148. The van der Waals surface area contributed by atoms with Crippen molar-refractivity contribution in [2.45, 2.75) is 38.5 Å². The summed E-state index contributed by atoms with van der Waals surface area (Å²) in [6.45, 7) is 4.68.